The predicted molar refractivity (Wildman–Crippen MR) is 131 cm³/mol. The van der Waals surface area contributed by atoms with Crippen LogP contribution in [0.25, 0.3) is 0 Å². The molecule has 30 heavy (non-hydrogen) atoms. The first kappa shape index (κ1) is 26.4. The molecule has 0 fully saturated rings. The summed E-state index contributed by atoms with van der Waals surface area (Å²) in [6, 6.07) is 5.88. The molecule has 0 saturated carbocycles. The van der Waals surface area contributed by atoms with E-state index in [4.69, 9.17) is 15.9 Å². The van der Waals surface area contributed by atoms with Crippen LogP contribution in [0, 0.1) is 12.3 Å². The highest BCUT2D eigenvalue weighted by atomic mass is 16.5. The molecule has 0 amide bonds. The lowest BCUT2D eigenvalue weighted by Gasteiger charge is -2.14. The highest BCUT2D eigenvalue weighted by Crippen LogP contribution is 2.31. The zero-order valence-electron chi connectivity index (χ0n) is 19.9. The van der Waals surface area contributed by atoms with Crippen LogP contribution in [0.2, 0.25) is 0 Å². The molecule has 2 heteroatoms. The predicted octanol–water partition coefficient (Wildman–Crippen LogP) is 8.71. The van der Waals surface area contributed by atoms with Gasteiger partial charge in [0.1, 0.15) is 0 Å². The van der Waals surface area contributed by atoms with Crippen molar-refractivity contribution in [2.75, 3.05) is 13.2 Å². The van der Waals surface area contributed by atoms with Gasteiger partial charge >= 0.3 is 0 Å². The Kier molecular flexibility index (Phi) is 17.0. The van der Waals surface area contributed by atoms with Gasteiger partial charge in [-0.1, -0.05) is 116 Å². The Balaban J connectivity index is 2.25. The second-order valence-corrected chi connectivity index (χ2v) is 8.42. The van der Waals surface area contributed by atoms with E-state index in [0.29, 0.717) is 6.61 Å². The van der Waals surface area contributed by atoms with Crippen LogP contribution < -0.4 is 9.47 Å². The third-order valence-corrected chi connectivity index (χ3v) is 5.63. The van der Waals surface area contributed by atoms with Gasteiger partial charge in [-0.2, -0.15) is 0 Å². The van der Waals surface area contributed by atoms with E-state index in [9.17, 15) is 0 Å². The van der Waals surface area contributed by atoms with Crippen LogP contribution in [0.15, 0.2) is 18.2 Å². The van der Waals surface area contributed by atoms with Gasteiger partial charge in [0.25, 0.3) is 0 Å². The molecule has 0 aliphatic heterocycles. The second-order valence-electron chi connectivity index (χ2n) is 8.42. The summed E-state index contributed by atoms with van der Waals surface area (Å²) < 4.78 is 12.1. The first-order chi connectivity index (χ1) is 14.8. The summed E-state index contributed by atoms with van der Waals surface area (Å²) in [5.74, 6) is 4.30. The van der Waals surface area contributed by atoms with Crippen molar-refractivity contribution in [2.45, 2.75) is 117 Å². The topological polar surface area (TPSA) is 18.5 Å². The molecule has 170 valence electrons. The SMILES string of the molecule is C#Cc1cccc(OCCCCCCCCCC)c1OCCCCCCCCCC. The van der Waals surface area contributed by atoms with Gasteiger partial charge in [0.2, 0.25) is 0 Å². The molecular weight excluding hydrogens is 368 g/mol. The van der Waals surface area contributed by atoms with Crippen molar-refractivity contribution in [2.24, 2.45) is 0 Å². The minimum atomic E-state index is 0.710. The van der Waals surface area contributed by atoms with Gasteiger partial charge in [-0.3, -0.25) is 0 Å². The molecule has 0 saturated heterocycles. The highest BCUT2D eigenvalue weighted by molar-refractivity contribution is 5.53. The minimum absolute atomic E-state index is 0.710. The molecule has 1 aromatic rings. The van der Waals surface area contributed by atoms with Gasteiger partial charge in [-0.05, 0) is 25.0 Å². The Morgan fingerprint density at radius 2 is 1.10 bits per heavy atom. The van der Waals surface area contributed by atoms with E-state index >= 15 is 0 Å². The van der Waals surface area contributed by atoms with Crippen LogP contribution in [0.5, 0.6) is 11.5 Å². The summed E-state index contributed by atoms with van der Waals surface area (Å²) in [7, 11) is 0. The Bertz CT molecular complexity index is 558. The van der Waals surface area contributed by atoms with E-state index in [2.05, 4.69) is 19.8 Å². The third kappa shape index (κ3) is 12.8. The van der Waals surface area contributed by atoms with E-state index in [1.807, 2.05) is 18.2 Å². The first-order valence-corrected chi connectivity index (χ1v) is 12.7. The largest absolute Gasteiger partial charge is 0.490 e. The first-order valence-electron chi connectivity index (χ1n) is 12.7. The fourth-order valence-corrected chi connectivity index (χ4v) is 3.72. The summed E-state index contributed by atoms with van der Waals surface area (Å²) in [6.45, 7) is 5.97. The number of hydrogen-bond acceptors (Lipinski definition) is 2. The van der Waals surface area contributed by atoms with Crippen molar-refractivity contribution in [1.82, 2.24) is 0 Å². The average Bonchev–Trinajstić information content (AvgIpc) is 2.77. The summed E-state index contributed by atoms with van der Waals surface area (Å²) >= 11 is 0. The van der Waals surface area contributed by atoms with Crippen LogP contribution in [0.4, 0.5) is 0 Å². The van der Waals surface area contributed by atoms with Gasteiger partial charge in [0, 0.05) is 0 Å². The standard InChI is InChI=1S/C28H46O2/c1-4-7-9-11-13-15-17-19-24-29-27-23-21-22-26(6-3)28(27)30-25-20-18-16-14-12-10-8-5-2/h3,21-23H,4-5,7-20,24-25H2,1-2H3. The van der Waals surface area contributed by atoms with E-state index in [1.54, 1.807) is 0 Å². The molecule has 1 rings (SSSR count). The lowest BCUT2D eigenvalue weighted by atomic mass is 10.1. The maximum atomic E-state index is 6.07. The number of ether oxygens (including phenoxy) is 2. The van der Waals surface area contributed by atoms with Crippen molar-refractivity contribution in [3.63, 3.8) is 0 Å². The molecule has 0 bridgehead atoms. The second kappa shape index (κ2) is 19.3. The van der Waals surface area contributed by atoms with Gasteiger partial charge in [-0.15, -0.1) is 6.42 Å². The minimum Gasteiger partial charge on any atom is -0.490 e. The van der Waals surface area contributed by atoms with Crippen LogP contribution in [0.1, 0.15) is 122 Å². The smallest absolute Gasteiger partial charge is 0.176 e. The summed E-state index contributed by atoms with van der Waals surface area (Å²) in [5, 5.41) is 0. The van der Waals surface area contributed by atoms with Gasteiger partial charge in [-0.25, -0.2) is 0 Å². The average molecular weight is 415 g/mol. The van der Waals surface area contributed by atoms with Crippen molar-refractivity contribution in [1.29, 1.82) is 0 Å². The monoisotopic (exact) mass is 414 g/mol. The molecule has 0 N–H and O–H groups in total. The fraction of sp³-hybridized carbons (Fsp3) is 0.714. The van der Waals surface area contributed by atoms with Crippen LogP contribution in [-0.4, -0.2) is 13.2 Å². The molecule has 0 aliphatic carbocycles. The van der Waals surface area contributed by atoms with Crippen molar-refractivity contribution >= 4 is 0 Å². The number of unbranched alkanes of at least 4 members (excludes halogenated alkanes) is 14. The fourth-order valence-electron chi connectivity index (χ4n) is 3.72. The van der Waals surface area contributed by atoms with E-state index in [0.717, 1.165) is 36.5 Å². The van der Waals surface area contributed by atoms with Crippen LogP contribution in [-0.2, 0) is 0 Å². The number of hydrogen-bond donors (Lipinski definition) is 0. The van der Waals surface area contributed by atoms with Crippen molar-refractivity contribution < 1.29 is 9.47 Å². The normalized spacial score (nSPS) is 10.7. The molecule has 1 aromatic carbocycles. The molecule has 2 nitrogen and oxygen atoms in total. The molecule has 0 radical (unpaired) electrons. The lowest BCUT2D eigenvalue weighted by Crippen LogP contribution is -2.04. The van der Waals surface area contributed by atoms with Crippen LogP contribution >= 0.6 is 0 Å². The lowest BCUT2D eigenvalue weighted by molar-refractivity contribution is 0.258. The van der Waals surface area contributed by atoms with Crippen molar-refractivity contribution in [3.8, 4) is 23.8 Å². The maximum absolute atomic E-state index is 6.07. The van der Waals surface area contributed by atoms with E-state index < -0.39 is 0 Å². The van der Waals surface area contributed by atoms with E-state index in [-0.39, 0.29) is 0 Å². The summed E-state index contributed by atoms with van der Waals surface area (Å²) in [6.07, 6.45) is 26.5. The van der Waals surface area contributed by atoms with Crippen molar-refractivity contribution in [3.05, 3.63) is 23.8 Å². The van der Waals surface area contributed by atoms with E-state index in [1.165, 1.54) is 89.9 Å². The molecule has 0 aromatic heterocycles. The zero-order valence-corrected chi connectivity index (χ0v) is 19.9. The maximum Gasteiger partial charge on any atom is 0.176 e. The number of rotatable bonds is 20. The van der Waals surface area contributed by atoms with Gasteiger partial charge in [0.05, 0.1) is 18.8 Å². The Labute approximate surface area is 187 Å². The zero-order chi connectivity index (χ0) is 21.7. The molecule has 0 spiro atoms. The van der Waals surface area contributed by atoms with Crippen LogP contribution in [0.3, 0.4) is 0 Å². The quantitative estimate of drug-likeness (QED) is 0.157. The molecule has 0 atom stereocenters. The Morgan fingerprint density at radius 1 is 0.633 bits per heavy atom. The number of terminal acetylenes is 1. The summed E-state index contributed by atoms with van der Waals surface area (Å²) in [5.41, 5.74) is 0.794. The Hall–Kier alpha value is -1.62. The van der Waals surface area contributed by atoms with Gasteiger partial charge < -0.3 is 9.47 Å². The number of para-hydroxylation sites is 1. The Morgan fingerprint density at radius 3 is 1.60 bits per heavy atom. The number of benzene rings is 1. The molecule has 0 heterocycles. The van der Waals surface area contributed by atoms with Gasteiger partial charge in [0.15, 0.2) is 11.5 Å². The molecular formula is C28H46O2. The third-order valence-electron chi connectivity index (χ3n) is 5.63. The highest BCUT2D eigenvalue weighted by Gasteiger charge is 2.10. The summed E-state index contributed by atoms with van der Waals surface area (Å²) in [4.78, 5) is 0. The molecule has 0 aliphatic rings. The molecule has 0 unspecified atom stereocenters.